The van der Waals surface area contributed by atoms with E-state index < -0.39 is 17.7 Å². The molecule has 0 spiro atoms. The van der Waals surface area contributed by atoms with Gasteiger partial charge in [-0.05, 0) is 30.3 Å². The van der Waals surface area contributed by atoms with Crippen LogP contribution >= 0.6 is 0 Å². The Balaban J connectivity index is 2.29. The van der Waals surface area contributed by atoms with Gasteiger partial charge < -0.3 is 14.3 Å². The minimum absolute atomic E-state index is 0.129. The number of hydrogen-bond donors (Lipinski definition) is 1. The van der Waals surface area contributed by atoms with E-state index in [4.69, 9.17) is 14.3 Å². The lowest BCUT2D eigenvalue weighted by Gasteiger charge is -2.12. The molecule has 1 heterocycles. The summed E-state index contributed by atoms with van der Waals surface area (Å²) in [6.45, 7) is 0. The van der Waals surface area contributed by atoms with Gasteiger partial charge in [0.05, 0.1) is 19.1 Å². The molecule has 1 aromatic heterocycles. The molecule has 0 radical (unpaired) electrons. The summed E-state index contributed by atoms with van der Waals surface area (Å²) in [6.07, 6.45) is 0.129. The zero-order valence-electron chi connectivity index (χ0n) is 11.2. The number of hydrogen-bond acceptors (Lipinski definition) is 4. The molecule has 1 unspecified atom stereocenters. The number of carbonyl (C=O) groups is 1. The molecular weight excluding hydrogens is 277 g/mol. The smallest absolute Gasteiger partial charge is 0.371 e. The standard InChI is InChI=1S/C15H12FNO4/c1-20-13-4-2-10(16)7-12(13)9(8-17)6-11-3-5-14(21-11)15(18)19/h2-5,7,9H,6H2,1H3,(H,18,19). The first-order valence-electron chi connectivity index (χ1n) is 6.10. The first-order chi connectivity index (χ1) is 10.0. The molecule has 2 aromatic rings. The fraction of sp³-hybridized carbons (Fsp3) is 0.200. The lowest BCUT2D eigenvalue weighted by molar-refractivity contribution is 0.0660. The summed E-state index contributed by atoms with van der Waals surface area (Å²) in [6, 6.07) is 8.77. The quantitative estimate of drug-likeness (QED) is 0.914. The van der Waals surface area contributed by atoms with Crippen molar-refractivity contribution in [2.75, 3.05) is 7.11 Å². The van der Waals surface area contributed by atoms with E-state index in [1.54, 1.807) is 0 Å². The average molecular weight is 289 g/mol. The molecule has 2 rings (SSSR count). The van der Waals surface area contributed by atoms with Crippen LogP contribution in [0.25, 0.3) is 0 Å². The Bertz CT molecular complexity index is 702. The van der Waals surface area contributed by atoms with E-state index in [0.717, 1.165) is 0 Å². The van der Waals surface area contributed by atoms with E-state index in [1.807, 2.05) is 0 Å². The van der Waals surface area contributed by atoms with Gasteiger partial charge in [-0.2, -0.15) is 5.26 Å². The Hall–Kier alpha value is -2.81. The summed E-state index contributed by atoms with van der Waals surface area (Å²) >= 11 is 0. The summed E-state index contributed by atoms with van der Waals surface area (Å²) in [7, 11) is 1.43. The van der Waals surface area contributed by atoms with Crippen molar-refractivity contribution < 1.29 is 23.4 Å². The highest BCUT2D eigenvalue weighted by Gasteiger charge is 2.20. The fourth-order valence-corrected chi connectivity index (χ4v) is 2.01. The van der Waals surface area contributed by atoms with Crippen molar-refractivity contribution >= 4 is 5.97 Å². The van der Waals surface area contributed by atoms with Crippen molar-refractivity contribution in [1.29, 1.82) is 5.26 Å². The topological polar surface area (TPSA) is 83.5 Å². The van der Waals surface area contributed by atoms with Gasteiger partial charge in [0.25, 0.3) is 0 Å². The minimum atomic E-state index is -1.18. The van der Waals surface area contributed by atoms with Crippen LogP contribution in [0.3, 0.4) is 0 Å². The van der Waals surface area contributed by atoms with Crippen molar-refractivity contribution in [3.05, 3.63) is 53.2 Å². The second kappa shape index (κ2) is 6.09. The molecule has 21 heavy (non-hydrogen) atoms. The normalized spacial score (nSPS) is 11.7. The van der Waals surface area contributed by atoms with Crippen LogP contribution in [0, 0.1) is 17.1 Å². The summed E-state index contributed by atoms with van der Waals surface area (Å²) in [4.78, 5) is 10.8. The molecule has 0 aliphatic rings. The molecule has 5 nitrogen and oxygen atoms in total. The second-order valence-electron chi connectivity index (χ2n) is 4.34. The number of methoxy groups -OCH3 is 1. The number of aromatic carboxylic acids is 1. The average Bonchev–Trinajstić information content (AvgIpc) is 2.93. The highest BCUT2D eigenvalue weighted by molar-refractivity contribution is 5.84. The lowest BCUT2D eigenvalue weighted by Crippen LogP contribution is -2.03. The van der Waals surface area contributed by atoms with Crippen LogP contribution < -0.4 is 4.74 Å². The fourth-order valence-electron chi connectivity index (χ4n) is 2.01. The van der Waals surface area contributed by atoms with E-state index in [0.29, 0.717) is 17.1 Å². The van der Waals surface area contributed by atoms with Gasteiger partial charge in [-0.3, -0.25) is 0 Å². The molecule has 1 N–H and O–H groups in total. The summed E-state index contributed by atoms with van der Waals surface area (Å²) in [5.74, 6) is -1.83. The third-order valence-corrected chi connectivity index (χ3v) is 3.00. The van der Waals surface area contributed by atoms with Crippen LogP contribution in [0.4, 0.5) is 4.39 Å². The van der Waals surface area contributed by atoms with Crippen molar-refractivity contribution in [2.24, 2.45) is 0 Å². The zero-order valence-corrected chi connectivity index (χ0v) is 11.2. The molecule has 1 aromatic carbocycles. The summed E-state index contributed by atoms with van der Waals surface area (Å²) < 4.78 is 23.6. The van der Waals surface area contributed by atoms with E-state index in [9.17, 15) is 14.4 Å². The zero-order chi connectivity index (χ0) is 15.4. The molecule has 0 fully saturated rings. The SMILES string of the molecule is COc1ccc(F)cc1C(C#N)Cc1ccc(C(=O)O)o1. The first-order valence-corrected chi connectivity index (χ1v) is 6.10. The first kappa shape index (κ1) is 14.6. The third-order valence-electron chi connectivity index (χ3n) is 3.00. The Morgan fingerprint density at radius 2 is 2.24 bits per heavy atom. The van der Waals surface area contributed by atoms with E-state index in [2.05, 4.69) is 6.07 Å². The highest BCUT2D eigenvalue weighted by Crippen LogP contribution is 2.30. The van der Waals surface area contributed by atoms with Crippen molar-refractivity contribution in [3.8, 4) is 11.8 Å². The maximum absolute atomic E-state index is 13.4. The molecule has 0 aliphatic heterocycles. The van der Waals surface area contributed by atoms with Crippen molar-refractivity contribution in [2.45, 2.75) is 12.3 Å². The summed E-state index contributed by atoms with van der Waals surface area (Å²) in [5, 5.41) is 18.1. The molecule has 1 atom stereocenters. The van der Waals surface area contributed by atoms with Crippen LogP contribution in [0.1, 0.15) is 27.8 Å². The summed E-state index contributed by atoms with van der Waals surface area (Å²) in [5.41, 5.74) is 0.397. The predicted octanol–water partition coefficient (Wildman–Crippen LogP) is 2.98. The Labute approximate surface area is 120 Å². The number of halogens is 1. The van der Waals surface area contributed by atoms with E-state index in [1.165, 1.54) is 37.4 Å². The van der Waals surface area contributed by atoms with Crippen LogP contribution in [0.15, 0.2) is 34.7 Å². The van der Waals surface area contributed by atoms with Crippen molar-refractivity contribution in [1.82, 2.24) is 0 Å². The Morgan fingerprint density at radius 1 is 1.48 bits per heavy atom. The molecule has 0 bridgehead atoms. The second-order valence-corrected chi connectivity index (χ2v) is 4.34. The lowest BCUT2D eigenvalue weighted by atomic mass is 9.95. The number of nitrogens with zero attached hydrogens (tertiary/aromatic N) is 1. The third kappa shape index (κ3) is 3.20. The molecule has 108 valence electrons. The molecule has 0 saturated heterocycles. The molecule has 0 amide bonds. The molecule has 6 heteroatoms. The molecule has 0 saturated carbocycles. The van der Waals surface area contributed by atoms with E-state index in [-0.39, 0.29) is 12.2 Å². The minimum Gasteiger partial charge on any atom is -0.496 e. The van der Waals surface area contributed by atoms with Crippen LogP contribution in [-0.2, 0) is 6.42 Å². The van der Waals surface area contributed by atoms with Gasteiger partial charge in [0.1, 0.15) is 17.3 Å². The number of carboxylic acid groups (broad SMARTS) is 1. The highest BCUT2D eigenvalue weighted by atomic mass is 19.1. The maximum atomic E-state index is 13.4. The van der Waals surface area contributed by atoms with Gasteiger partial charge in [0, 0.05) is 12.0 Å². The van der Waals surface area contributed by atoms with Crippen LogP contribution in [0.2, 0.25) is 0 Å². The van der Waals surface area contributed by atoms with Crippen LogP contribution in [0.5, 0.6) is 5.75 Å². The largest absolute Gasteiger partial charge is 0.496 e. The van der Waals surface area contributed by atoms with Gasteiger partial charge in [0.2, 0.25) is 5.76 Å². The number of rotatable bonds is 5. The Morgan fingerprint density at radius 3 is 2.81 bits per heavy atom. The molecule has 0 aliphatic carbocycles. The van der Waals surface area contributed by atoms with Gasteiger partial charge in [-0.1, -0.05) is 0 Å². The number of carboxylic acids is 1. The monoisotopic (exact) mass is 289 g/mol. The number of benzene rings is 1. The van der Waals surface area contributed by atoms with Gasteiger partial charge in [-0.15, -0.1) is 0 Å². The Kier molecular flexibility index (Phi) is 4.24. The number of nitriles is 1. The van der Waals surface area contributed by atoms with Crippen LogP contribution in [-0.4, -0.2) is 18.2 Å². The number of ether oxygens (including phenoxy) is 1. The van der Waals surface area contributed by atoms with Gasteiger partial charge in [-0.25, -0.2) is 9.18 Å². The molecular formula is C15H12FNO4. The number of furan rings is 1. The maximum Gasteiger partial charge on any atom is 0.371 e. The van der Waals surface area contributed by atoms with Crippen molar-refractivity contribution in [3.63, 3.8) is 0 Å². The van der Waals surface area contributed by atoms with E-state index >= 15 is 0 Å². The van der Waals surface area contributed by atoms with Gasteiger partial charge in [0.15, 0.2) is 0 Å². The van der Waals surface area contributed by atoms with Gasteiger partial charge >= 0.3 is 5.97 Å². The predicted molar refractivity (Wildman–Crippen MR) is 70.7 cm³/mol.